The fraction of sp³-hybridized carbons (Fsp3) is 0.300. The van der Waals surface area contributed by atoms with Crippen LogP contribution in [0.5, 0.6) is 0 Å². The number of nitrogens with zero attached hydrogens (tertiary/aromatic N) is 3. The lowest BCUT2D eigenvalue weighted by Crippen LogP contribution is -2.27. The molecule has 0 spiro atoms. The number of amides is 1. The van der Waals surface area contributed by atoms with Crippen LogP contribution in [0.2, 0.25) is 0 Å². The average molecular weight is 222 g/mol. The third-order valence-electron chi connectivity index (χ3n) is 1.88. The number of halogens is 1. The lowest BCUT2D eigenvalue weighted by molar-refractivity contribution is -0.120. The molecule has 5 nitrogen and oxygen atoms in total. The van der Waals surface area contributed by atoms with Crippen LogP contribution in [0.25, 0.3) is 10.4 Å². The molecule has 1 aromatic carbocycles. The van der Waals surface area contributed by atoms with E-state index in [9.17, 15) is 9.18 Å². The number of nitrogens with one attached hydrogen (secondary N) is 1. The molecule has 1 aromatic rings. The molecule has 6 heteroatoms. The first kappa shape index (κ1) is 12.0. The van der Waals surface area contributed by atoms with Gasteiger partial charge >= 0.3 is 0 Å². The number of benzene rings is 1. The highest BCUT2D eigenvalue weighted by Gasteiger charge is 2.02. The summed E-state index contributed by atoms with van der Waals surface area (Å²) >= 11 is 0. The molecule has 84 valence electrons. The van der Waals surface area contributed by atoms with Crippen LogP contribution in [0.15, 0.2) is 29.4 Å². The second-order valence-electron chi connectivity index (χ2n) is 3.11. The standard InChI is InChI=1S/C10H11FN4O/c11-9-3-1-8(2-4-9)7-10(16)13-5-6-14-15-12/h1-4H,5-7H2,(H,13,16). The van der Waals surface area contributed by atoms with Crippen molar-refractivity contribution in [2.45, 2.75) is 6.42 Å². The van der Waals surface area contributed by atoms with Gasteiger partial charge in [-0.05, 0) is 23.2 Å². The number of carbonyl (C=O) groups excluding carboxylic acids is 1. The maximum atomic E-state index is 12.6. The van der Waals surface area contributed by atoms with Crippen LogP contribution in [0.4, 0.5) is 4.39 Å². The summed E-state index contributed by atoms with van der Waals surface area (Å²) < 4.78 is 12.6. The minimum absolute atomic E-state index is 0.181. The molecule has 0 aliphatic rings. The summed E-state index contributed by atoms with van der Waals surface area (Å²) in [5, 5.41) is 5.86. The van der Waals surface area contributed by atoms with Gasteiger partial charge in [0.25, 0.3) is 0 Å². The van der Waals surface area contributed by atoms with Crippen LogP contribution >= 0.6 is 0 Å². The summed E-state index contributed by atoms with van der Waals surface area (Å²) in [6.45, 7) is 0.537. The Morgan fingerprint density at radius 2 is 2.12 bits per heavy atom. The lowest BCUT2D eigenvalue weighted by atomic mass is 10.1. The third-order valence-corrected chi connectivity index (χ3v) is 1.88. The van der Waals surface area contributed by atoms with Crippen molar-refractivity contribution < 1.29 is 9.18 Å². The molecule has 0 aromatic heterocycles. The molecule has 0 heterocycles. The molecule has 1 N–H and O–H groups in total. The number of carbonyl (C=O) groups is 1. The minimum Gasteiger partial charge on any atom is -0.356 e. The Balaban J connectivity index is 2.34. The van der Waals surface area contributed by atoms with Gasteiger partial charge in [0.05, 0.1) is 6.42 Å². The summed E-state index contributed by atoms with van der Waals surface area (Å²) in [4.78, 5) is 13.9. The van der Waals surface area contributed by atoms with Gasteiger partial charge in [0.1, 0.15) is 5.82 Å². The maximum absolute atomic E-state index is 12.6. The first-order chi connectivity index (χ1) is 7.72. The van der Waals surface area contributed by atoms with E-state index < -0.39 is 0 Å². The van der Waals surface area contributed by atoms with Crippen molar-refractivity contribution in [3.8, 4) is 0 Å². The molecule has 0 aliphatic carbocycles. The van der Waals surface area contributed by atoms with Gasteiger partial charge in [0.15, 0.2) is 0 Å². The van der Waals surface area contributed by atoms with Crippen LogP contribution in [-0.4, -0.2) is 19.0 Å². The molecule has 0 bridgehead atoms. The van der Waals surface area contributed by atoms with Crippen LogP contribution in [-0.2, 0) is 11.2 Å². The average Bonchev–Trinajstić information content (AvgIpc) is 2.28. The van der Waals surface area contributed by atoms with Crippen molar-refractivity contribution in [3.63, 3.8) is 0 Å². The summed E-state index contributed by atoms with van der Waals surface area (Å²) in [6, 6.07) is 5.73. The van der Waals surface area contributed by atoms with Gasteiger partial charge < -0.3 is 5.32 Å². The highest BCUT2D eigenvalue weighted by atomic mass is 19.1. The van der Waals surface area contributed by atoms with Crippen LogP contribution < -0.4 is 5.32 Å². The van der Waals surface area contributed by atoms with Gasteiger partial charge in [-0.2, -0.15) is 0 Å². The fourth-order valence-corrected chi connectivity index (χ4v) is 1.14. The van der Waals surface area contributed by atoms with E-state index in [0.717, 1.165) is 5.56 Å². The molecule has 0 atom stereocenters. The van der Waals surface area contributed by atoms with Gasteiger partial charge in [0.2, 0.25) is 5.91 Å². The Kier molecular flexibility index (Phi) is 4.82. The summed E-state index contributed by atoms with van der Waals surface area (Å²) in [6.07, 6.45) is 0.191. The number of rotatable bonds is 5. The van der Waals surface area contributed by atoms with Crippen LogP contribution in [0.1, 0.15) is 5.56 Å². The zero-order chi connectivity index (χ0) is 11.8. The minimum atomic E-state index is -0.326. The topological polar surface area (TPSA) is 77.9 Å². The SMILES string of the molecule is [N-]=[N+]=NCCNC(=O)Cc1ccc(F)cc1. The Morgan fingerprint density at radius 3 is 2.75 bits per heavy atom. The van der Waals surface area contributed by atoms with Crippen molar-refractivity contribution in [2.24, 2.45) is 5.11 Å². The van der Waals surface area contributed by atoms with Crippen molar-refractivity contribution in [1.82, 2.24) is 5.32 Å². The van der Waals surface area contributed by atoms with E-state index in [1.165, 1.54) is 12.1 Å². The van der Waals surface area contributed by atoms with Gasteiger partial charge in [-0.25, -0.2) is 4.39 Å². The predicted octanol–water partition coefficient (Wildman–Crippen LogP) is 1.79. The number of hydrogen-bond donors (Lipinski definition) is 1. The van der Waals surface area contributed by atoms with E-state index >= 15 is 0 Å². The highest BCUT2D eigenvalue weighted by Crippen LogP contribution is 2.03. The van der Waals surface area contributed by atoms with E-state index in [1.54, 1.807) is 12.1 Å². The Hall–Kier alpha value is -2.07. The first-order valence-electron chi connectivity index (χ1n) is 4.74. The molecule has 0 saturated carbocycles. The molecule has 0 unspecified atom stereocenters. The Morgan fingerprint density at radius 1 is 1.44 bits per heavy atom. The van der Waals surface area contributed by atoms with Crippen LogP contribution in [0.3, 0.4) is 0 Å². The molecule has 1 amide bonds. The maximum Gasteiger partial charge on any atom is 0.224 e. The summed E-state index contributed by atoms with van der Waals surface area (Å²) in [7, 11) is 0. The molecular weight excluding hydrogens is 211 g/mol. The first-order valence-corrected chi connectivity index (χ1v) is 4.74. The fourth-order valence-electron chi connectivity index (χ4n) is 1.14. The third kappa shape index (κ3) is 4.43. The van der Waals surface area contributed by atoms with E-state index in [2.05, 4.69) is 15.3 Å². The van der Waals surface area contributed by atoms with E-state index in [0.29, 0.717) is 6.54 Å². The van der Waals surface area contributed by atoms with Crippen LogP contribution in [0, 0.1) is 5.82 Å². The van der Waals surface area contributed by atoms with Gasteiger partial charge in [-0.3, -0.25) is 4.79 Å². The van der Waals surface area contributed by atoms with Crippen molar-refractivity contribution >= 4 is 5.91 Å². The monoisotopic (exact) mass is 222 g/mol. The molecule has 0 fully saturated rings. The summed E-state index contributed by atoms with van der Waals surface area (Å²) in [5.41, 5.74) is 8.74. The van der Waals surface area contributed by atoms with Crippen molar-refractivity contribution in [3.05, 3.63) is 46.1 Å². The van der Waals surface area contributed by atoms with Gasteiger partial charge in [0, 0.05) is 18.0 Å². The smallest absolute Gasteiger partial charge is 0.224 e. The van der Waals surface area contributed by atoms with Crippen molar-refractivity contribution in [1.29, 1.82) is 0 Å². The van der Waals surface area contributed by atoms with Gasteiger partial charge in [-0.1, -0.05) is 17.2 Å². The summed E-state index contributed by atoms with van der Waals surface area (Å²) in [5.74, 6) is -0.507. The number of azide groups is 1. The molecular formula is C10H11FN4O. The van der Waals surface area contributed by atoms with E-state index in [1.807, 2.05) is 0 Å². The molecule has 1 rings (SSSR count). The molecule has 0 saturated heterocycles. The Labute approximate surface area is 91.9 Å². The zero-order valence-electron chi connectivity index (χ0n) is 8.56. The van der Waals surface area contributed by atoms with Crippen molar-refractivity contribution in [2.75, 3.05) is 13.1 Å². The highest BCUT2D eigenvalue weighted by molar-refractivity contribution is 5.78. The second-order valence-corrected chi connectivity index (χ2v) is 3.11. The van der Waals surface area contributed by atoms with Gasteiger partial charge in [-0.15, -0.1) is 0 Å². The molecule has 0 aliphatic heterocycles. The molecule has 0 radical (unpaired) electrons. The van der Waals surface area contributed by atoms with E-state index in [-0.39, 0.29) is 24.7 Å². The number of hydrogen-bond acceptors (Lipinski definition) is 2. The molecule has 16 heavy (non-hydrogen) atoms. The quantitative estimate of drug-likeness (QED) is 0.350. The predicted molar refractivity (Wildman–Crippen MR) is 57.1 cm³/mol. The zero-order valence-corrected chi connectivity index (χ0v) is 8.56. The lowest BCUT2D eigenvalue weighted by Gasteiger charge is -2.03. The normalized spacial score (nSPS) is 9.31. The second kappa shape index (κ2) is 6.42. The largest absolute Gasteiger partial charge is 0.356 e. The van der Waals surface area contributed by atoms with E-state index in [4.69, 9.17) is 5.53 Å². The Bertz CT molecular complexity index is 398.